The van der Waals surface area contributed by atoms with E-state index in [0.29, 0.717) is 16.7 Å². The van der Waals surface area contributed by atoms with Crippen LogP contribution < -0.4 is 5.32 Å². The molecule has 1 amide bonds. The molecule has 1 aromatic carbocycles. The molecule has 3 heterocycles. The molecule has 0 saturated carbocycles. The van der Waals surface area contributed by atoms with Crippen molar-refractivity contribution in [2.24, 2.45) is 4.99 Å². The van der Waals surface area contributed by atoms with Crippen molar-refractivity contribution in [3.05, 3.63) is 62.4 Å². The van der Waals surface area contributed by atoms with Crippen LogP contribution >= 0.6 is 22.7 Å². The second-order valence-corrected chi connectivity index (χ2v) is 8.23. The number of anilines is 1. The molecule has 0 aliphatic carbocycles. The first-order valence-electron chi connectivity index (χ1n) is 7.85. The van der Waals surface area contributed by atoms with Crippen LogP contribution in [0.25, 0.3) is 10.4 Å². The average molecular weight is 370 g/mol. The lowest BCUT2D eigenvalue weighted by atomic mass is 10.0. The number of rotatable bonds is 4. The molecular formula is C19H15FN2OS2. The molecule has 0 spiro atoms. The van der Waals surface area contributed by atoms with Gasteiger partial charge < -0.3 is 5.32 Å². The van der Waals surface area contributed by atoms with Crippen LogP contribution in [0.3, 0.4) is 0 Å². The van der Waals surface area contributed by atoms with Crippen LogP contribution in [0.1, 0.15) is 38.6 Å². The molecule has 2 aromatic heterocycles. The van der Waals surface area contributed by atoms with Gasteiger partial charge in [-0.2, -0.15) is 0 Å². The number of benzene rings is 1. The number of thiophene rings is 2. The van der Waals surface area contributed by atoms with E-state index in [4.69, 9.17) is 0 Å². The van der Waals surface area contributed by atoms with Crippen molar-refractivity contribution in [3.8, 4) is 10.4 Å². The highest BCUT2D eigenvalue weighted by molar-refractivity contribution is 7.15. The third-order valence-electron chi connectivity index (χ3n) is 4.10. The van der Waals surface area contributed by atoms with E-state index in [1.165, 1.54) is 23.2 Å². The third-order valence-corrected chi connectivity index (χ3v) is 6.26. The summed E-state index contributed by atoms with van der Waals surface area (Å²) in [7, 11) is 0. The minimum absolute atomic E-state index is 0.126. The van der Waals surface area contributed by atoms with Gasteiger partial charge in [0.2, 0.25) is 0 Å². The summed E-state index contributed by atoms with van der Waals surface area (Å²) < 4.78 is 13.9. The minimum Gasteiger partial charge on any atom is -0.377 e. The SMILES string of the molecule is Cc1cc(NC(C)c2ccc(-c3cc(F)cc4c3C(=O)N=C4)s2)cs1. The van der Waals surface area contributed by atoms with Crippen LogP contribution in [0.2, 0.25) is 0 Å². The van der Waals surface area contributed by atoms with E-state index < -0.39 is 0 Å². The Hall–Kier alpha value is -2.31. The maximum absolute atomic E-state index is 13.9. The lowest BCUT2D eigenvalue weighted by molar-refractivity contribution is 0.101. The van der Waals surface area contributed by atoms with Gasteiger partial charge in [0.05, 0.1) is 11.6 Å². The van der Waals surface area contributed by atoms with E-state index in [9.17, 15) is 9.18 Å². The van der Waals surface area contributed by atoms with Gasteiger partial charge in [-0.05, 0) is 44.2 Å². The number of halogens is 1. The summed E-state index contributed by atoms with van der Waals surface area (Å²) in [5.41, 5.74) is 2.76. The molecule has 0 fully saturated rings. The van der Waals surface area contributed by atoms with E-state index in [2.05, 4.69) is 35.6 Å². The van der Waals surface area contributed by atoms with Crippen LogP contribution in [-0.4, -0.2) is 12.1 Å². The lowest BCUT2D eigenvalue weighted by Crippen LogP contribution is -2.03. The topological polar surface area (TPSA) is 41.5 Å². The van der Waals surface area contributed by atoms with Crippen molar-refractivity contribution in [2.75, 3.05) is 5.32 Å². The summed E-state index contributed by atoms with van der Waals surface area (Å²) in [5.74, 6) is -0.662. The Bertz CT molecular complexity index is 1000. The quantitative estimate of drug-likeness (QED) is 0.643. The number of carbonyl (C=O) groups excluding carboxylic acids is 1. The van der Waals surface area contributed by atoms with Crippen molar-refractivity contribution in [1.29, 1.82) is 0 Å². The first-order valence-corrected chi connectivity index (χ1v) is 9.54. The van der Waals surface area contributed by atoms with E-state index >= 15 is 0 Å². The number of nitrogens with one attached hydrogen (secondary N) is 1. The van der Waals surface area contributed by atoms with Crippen LogP contribution in [0.15, 0.2) is 40.7 Å². The summed E-state index contributed by atoms with van der Waals surface area (Å²) >= 11 is 3.27. The number of amides is 1. The zero-order valence-corrected chi connectivity index (χ0v) is 15.3. The first kappa shape index (κ1) is 16.2. The van der Waals surface area contributed by atoms with Crippen molar-refractivity contribution in [1.82, 2.24) is 0 Å². The summed E-state index contributed by atoms with van der Waals surface area (Å²) in [5, 5.41) is 5.56. The summed E-state index contributed by atoms with van der Waals surface area (Å²) in [6.07, 6.45) is 1.43. The van der Waals surface area contributed by atoms with Crippen LogP contribution in [-0.2, 0) is 0 Å². The Kier molecular flexibility index (Phi) is 4.01. The molecule has 6 heteroatoms. The van der Waals surface area contributed by atoms with Crippen LogP contribution in [0.4, 0.5) is 10.1 Å². The Labute approximate surface area is 152 Å². The maximum atomic E-state index is 13.9. The Morgan fingerprint density at radius 1 is 1.24 bits per heavy atom. The Morgan fingerprint density at radius 3 is 2.84 bits per heavy atom. The predicted octanol–water partition coefficient (Wildman–Crippen LogP) is 5.67. The number of hydrogen-bond donors (Lipinski definition) is 1. The summed E-state index contributed by atoms with van der Waals surface area (Å²) in [6, 6.07) is 8.98. The second-order valence-electron chi connectivity index (χ2n) is 6.00. The number of hydrogen-bond acceptors (Lipinski definition) is 4. The fraction of sp³-hybridized carbons (Fsp3) is 0.158. The summed E-state index contributed by atoms with van der Waals surface area (Å²) in [4.78, 5) is 19.1. The molecular weight excluding hydrogens is 355 g/mol. The normalized spacial score (nSPS) is 14.0. The molecule has 126 valence electrons. The number of fused-ring (bicyclic) bond motifs is 1. The van der Waals surface area contributed by atoms with Gasteiger partial charge in [-0.3, -0.25) is 4.79 Å². The molecule has 3 nitrogen and oxygen atoms in total. The molecule has 3 aromatic rings. The van der Waals surface area contributed by atoms with Gasteiger partial charge in [0.15, 0.2) is 0 Å². The van der Waals surface area contributed by atoms with Gasteiger partial charge in [-0.25, -0.2) is 9.38 Å². The molecule has 1 aliphatic rings. The monoisotopic (exact) mass is 370 g/mol. The minimum atomic E-state index is -0.357. The Morgan fingerprint density at radius 2 is 2.08 bits per heavy atom. The highest BCUT2D eigenvalue weighted by Crippen LogP contribution is 2.37. The van der Waals surface area contributed by atoms with Gasteiger partial charge in [0, 0.05) is 43.0 Å². The van der Waals surface area contributed by atoms with E-state index in [1.54, 1.807) is 22.7 Å². The highest BCUT2D eigenvalue weighted by Gasteiger charge is 2.23. The van der Waals surface area contributed by atoms with Gasteiger partial charge in [-0.15, -0.1) is 22.7 Å². The van der Waals surface area contributed by atoms with Gasteiger partial charge in [-0.1, -0.05) is 0 Å². The zero-order chi connectivity index (χ0) is 17.6. The van der Waals surface area contributed by atoms with Gasteiger partial charge in [0.25, 0.3) is 5.91 Å². The summed E-state index contributed by atoms with van der Waals surface area (Å²) in [6.45, 7) is 4.17. The highest BCUT2D eigenvalue weighted by atomic mass is 32.1. The van der Waals surface area contributed by atoms with Crippen LogP contribution in [0.5, 0.6) is 0 Å². The number of aliphatic imine (C=N–C) groups is 1. The number of carbonyl (C=O) groups is 1. The predicted molar refractivity (Wildman–Crippen MR) is 103 cm³/mol. The molecule has 4 rings (SSSR count). The standard InChI is InChI=1S/C19H15FN2OS2/c1-10-5-14(9-24-10)22-11(2)16-3-4-17(25-16)15-7-13(20)6-12-8-21-19(23)18(12)15/h3-9,11,22H,1-2H3. The maximum Gasteiger partial charge on any atom is 0.278 e. The molecule has 1 N–H and O–H groups in total. The smallest absolute Gasteiger partial charge is 0.278 e. The number of aryl methyl sites for hydroxylation is 1. The van der Waals surface area contributed by atoms with Crippen molar-refractivity contribution >= 4 is 40.5 Å². The molecule has 1 unspecified atom stereocenters. The van der Waals surface area contributed by atoms with E-state index in [-0.39, 0.29) is 17.8 Å². The van der Waals surface area contributed by atoms with Crippen LogP contribution in [0, 0.1) is 12.7 Å². The fourth-order valence-corrected chi connectivity index (χ4v) is 4.60. The number of nitrogens with zero attached hydrogens (tertiary/aromatic N) is 1. The molecule has 0 bridgehead atoms. The van der Waals surface area contributed by atoms with Gasteiger partial charge in [0.1, 0.15) is 5.82 Å². The first-order chi connectivity index (χ1) is 12.0. The second kappa shape index (κ2) is 6.20. The Balaban J connectivity index is 1.65. The van der Waals surface area contributed by atoms with Crippen molar-refractivity contribution in [2.45, 2.75) is 19.9 Å². The molecule has 0 saturated heterocycles. The van der Waals surface area contributed by atoms with E-state index in [1.807, 2.05) is 12.1 Å². The average Bonchev–Trinajstić information content (AvgIpc) is 3.28. The molecule has 25 heavy (non-hydrogen) atoms. The van der Waals surface area contributed by atoms with Crippen molar-refractivity contribution in [3.63, 3.8) is 0 Å². The van der Waals surface area contributed by atoms with Crippen molar-refractivity contribution < 1.29 is 9.18 Å². The molecule has 1 aliphatic heterocycles. The zero-order valence-electron chi connectivity index (χ0n) is 13.7. The molecule has 1 atom stereocenters. The molecule has 0 radical (unpaired) electrons. The fourth-order valence-electron chi connectivity index (χ4n) is 2.93. The lowest BCUT2D eigenvalue weighted by Gasteiger charge is -2.12. The van der Waals surface area contributed by atoms with Gasteiger partial charge >= 0.3 is 0 Å². The third kappa shape index (κ3) is 3.03. The largest absolute Gasteiger partial charge is 0.377 e. The van der Waals surface area contributed by atoms with E-state index in [0.717, 1.165) is 15.4 Å².